The molecular formula is C14H18N3O4P. The summed E-state index contributed by atoms with van der Waals surface area (Å²) in [5.41, 5.74) is 4.83. The van der Waals surface area contributed by atoms with Gasteiger partial charge in [-0.3, -0.25) is 4.57 Å². The summed E-state index contributed by atoms with van der Waals surface area (Å²) in [7, 11) is -0.940. The third-order valence-corrected chi connectivity index (χ3v) is 4.70. The van der Waals surface area contributed by atoms with E-state index in [9.17, 15) is 4.57 Å². The number of aryl methyl sites for hydroxylation is 2. The Morgan fingerprint density at radius 1 is 1.23 bits per heavy atom. The molecule has 1 aromatic carbocycles. The summed E-state index contributed by atoms with van der Waals surface area (Å²) >= 11 is 0. The van der Waals surface area contributed by atoms with Gasteiger partial charge in [-0.25, -0.2) is 10.4 Å². The molecule has 0 fully saturated rings. The zero-order chi connectivity index (χ0) is 16.2. The van der Waals surface area contributed by atoms with Crippen molar-refractivity contribution in [2.24, 2.45) is 5.10 Å². The van der Waals surface area contributed by atoms with Gasteiger partial charge in [-0.15, -0.1) is 0 Å². The molecule has 0 spiro atoms. The molecule has 0 radical (unpaired) electrons. The molecule has 2 aromatic rings. The predicted molar refractivity (Wildman–Crippen MR) is 84.9 cm³/mol. The fraction of sp³-hybridized carbons (Fsp3) is 0.286. The maximum atomic E-state index is 12.4. The number of oxazole rings is 1. The van der Waals surface area contributed by atoms with Crippen LogP contribution in [0.25, 0.3) is 0 Å². The first kappa shape index (κ1) is 16.4. The zero-order valence-electron chi connectivity index (χ0n) is 12.9. The van der Waals surface area contributed by atoms with Gasteiger partial charge in [0.15, 0.2) is 5.89 Å². The Morgan fingerprint density at radius 2 is 1.86 bits per heavy atom. The average Bonchev–Trinajstić information content (AvgIpc) is 2.90. The van der Waals surface area contributed by atoms with Crippen LogP contribution in [-0.4, -0.2) is 25.4 Å². The zero-order valence-corrected chi connectivity index (χ0v) is 13.8. The highest BCUT2D eigenvalue weighted by Gasteiger charge is 2.33. The number of hydrogen-bond acceptors (Lipinski definition) is 7. The molecule has 0 aliphatic rings. The van der Waals surface area contributed by atoms with E-state index in [0.717, 1.165) is 5.56 Å². The van der Waals surface area contributed by atoms with Crippen LogP contribution in [0, 0.1) is 13.8 Å². The highest BCUT2D eigenvalue weighted by Crippen LogP contribution is 2.46. The van der Waals surface area contributed by atoms with Crippen LogP contribution in [0.1, 0.15) is 17.0 Å². The number of rotatable bonds is 6. The van der Waals surface area contributed by atoms with Crippen molar-refractivity contribution in [2.45, 2.75) is 13.8 Å². The Kier molecular flexibility index (Phi) is 5.13. The second-order valence-electron chi connectivity index (χ2n) is 4.53. The largest absolute Gasteiger partial charge is 0.423 e. The van der Waals surface area contributed by atoms with E-state index < -0.39 is 7.60 Å². The van der Waals surface area contributed by atoms with Crippen LogP contribution >= 0.6 is 7.60 Å². The number of hydrazone groups is 1. The minimum absolute atomic E-state index is 0.0658. The van der Waals surface area contributed by atoms with E-state index in [1.54, 1.807) is 13.1 Å². The van der Waals surface area contributed by atoms with E-state index in [2.05, 4.69) is 15.5 Å². The van der Waals surface area contributed by atoms with E-state index in [1.807, 2.05) is 31.2 Å². The van der Waals surface area contributed by atoms with Gasteiger partial charge in [-0.2, -0.15) is 5.10 Å². The molecule has 0 amide bonds. The summed E-state index contributed by atoms with van der Waals surface area (Å²) < 4.78 is 27.6. The average molecular weight is 323 g/mol. The fourth-order valence-electron chi connectivity index (χ4n) is 1.74. The fourth-order valence-corrected chi connectivity index (χ4v) is 2.84. The molecule has 0 bridgehead atoms. The third-order valence-electron chi connectivity index (χ3n) is 2.91. The van der Waals surface area contributed by atoms with Gasteiger partial charge in [-0.1, -0.05) is 29.8 Å². The number of aromatic nitrogens is 1. The minimum Gasteiger partial charge on any atom is -0.423 e. The topological polar surface area (TPSA) is 86.0 Å². The molecule has 2 rings (SSSR count). The molecule has 7 nitrogen and oxygen atoms in total. The number of nitrogens with zero attached hydrogens (tertiary/aromatic N) is 2. The van der Waals surface area contributed by atoms with Gasteiger partial charge in [0.05, 0.1) is 6.21 Å². The Morgan fingerprint density at radius 3 is 2.45 bits per heavy atom. The summed E-state index contributed by atoms with van der Waals surface area (Å²) in [5.74, 6) is 0.463. The maximum Gasteiger partial charge on any atom is 0.384 e. The predicted octanol–water partition coefficient (Wildman–Crippen LogP) is 2.85. The third kappa shape index (κ3) is 3.62. The monoisotopic (exact) mass is 323 g/mol. The molecule has 0 atom stereocenters. The van der Waals surface area contributed by atoms with E-state index in [4.69, 9.17) is 13.5 Å². The highest BCUT2D eigenvalue weighted by atomic mass is 31.2. The first-order chi connectivity index (χ1) is 10.5. The van der Waals surface area contributed by atoms with Gasteiger partial charge in [-0.05, 0) is 12.5 Å². The van der Waals surface area contributed by atoms with Crippen LogP contribution in [0.4, 0.5) is 5.88 Å². The number of nitrogens with one attached hydrogen (secondary N) is 1. The summed E-state index contributed by atoms with van der Waals surface area (Å²) in [4.78, 5) is 4.05. The summed E-state index contributed by atoms with van der Waals surface area (Å²) in [6, 6.07) is 7.83. The van der Waals surface area contributed by atoms with Gasteiger partial charge in [0.1, 0.15) is 0 Å². The Hall–Kier alpha value is -1.95. The second-order valence-corrected chi connectivity index (χ2v) is 6.68. The SMILES string of the molecule is COP(=O)(OC)c1nc(C)oc1NN=Cc1ccc(C)cc1. The molecule has 0 saturated heterocycles. The van der Waals surface area contributed by atoms with E-state index in [1.165, 1.54) is 19.8 Å². The molecule has 1 heterocycles. The molecular weight excluding hydrogens is 305 g/mol. The van der Waals surface area contributed by atoms with Crippen molar-refractivity contribution in [2.75, 3.05) is 19.6 Å². The lowest BCUT2D eigenvalue weighted by Gasteiger charge is -2.11. The van der Waals surface area contributed by atoms with Crippen LogP contribution in [0.2, 0.25) is 0 Å². The molecule has 1 aromatic heterocycles. The van der Waals surface area contributed by atoms with E-state index in [-0.39, 0.29) is 11.3 Å². The smallest absolute Gasteiger partial charge is 0.384 e. The maximum absolute atomic E-state index is 12.4. The van der Waals surface area contributed by atoms with Crippen molar-refractivity contribution in [1.29, 1.82) is 0 Å². The molecule has 118 valence electrons. The quantitative estimate of drug-likeness (QED) is 0.500. The standard InChI is InChI=1S/C14H18N3O4P/c1-10-5-7-12(8-6-10)9-15-17-13-14(16-11(2)21-13)22(18,19-3)20-4/h5-9,17H,1-4H3. The van der Waals surface area contributed by atoms with Crippen molar-refractivity contribution < 1.29 is 18.0 Å². The first-order valence-electron chi connectivity index (χ1n) is 6.54. The molecule has 8 heteroatoms. The van der Waals surface area contributed by atoms with Crippen molar-refractivity contribution in [3.05, 3.63) is 41.3 Å². The molecule has 0 unspecified atom stereocenters. The van der Waals surface area contributed by atoms with Crippen molar-refractivity contribution in [3.63, 3.8) is 0 Å². The Bertz CT molecular complexity index is 701. The second kappa shape index (κ2) is 6.87. The van der Waals surface area contributed by atoms with Crippen molar-refractivity contribution in [3.8, 4) is 0 Å². The van der Waals surface area contributed by atoms with Gasteiger partial charge in [0, 0.05) is 21.1 Å². The summed E-state index contributed by atoms with van der Waals surface area (Å²) in [5, 5.41) is 4.06. The lowest BCUT2D eigenvalue weighted by atomic mass is 10.2. The van der Waals surface area contributed by atoms with E-state index in [0.29, 0.717) is 5.89 Å². The van der Waals surface area contributed by atoms with Crippen LogP contribution in [-0.2, 0) is 13.6 Å². The summed E-state index contributed by atoms with van der Waals surface area (Å²) in [6.45, 7) is 3.64. The molecule has 0 aliphatic heterocycles. The Labute approximate surface area is 128 Å². The number of hydrogen-bond donors (Lipinski definition) is 1. The van der Waals surface area contributed by atoms with Crippen LogP contribution in [0.3, 0.4) is 0 Å². The molecule has 1 N–H and O–H groups in total. The first-order valence-corrected chi connectivity index (χ1v) is 8.08. The number of benzene rings is 1. The lowest BCUT2D eigenvalue weighted by molar-refractivity contribution is 0.286. The van der Waals surface area contributed by atoms with Crippen LogP contribution in [0.5, 0.6) is 0 Å². The highest BCUT2D eigenvalue weighted by molar-refractivity contribution is 7.62. The molecule has 22 heavy (non-hydrogen) atoms. The van der Waals surface area contributed by atoms with Gasteiger partial charge >= 0.3 is 7.60 Å². The van der Waals surface area contributed by atoms with Crippen LogP contribution in [0.15, 0.2) is 33.8 Å². The Balaban J connectivity index is 2.20. The summed E-state index contributed by atoms with van der Waals surface area (Å²) in [6.07, 6.45) is 1.62. The van der Waals surface area contributed by atoms with Gasteiger partial charge in [0.25, 0.3) is 0 Å². The lowest BCUT2D eigenvalue weighted by Crippen LogP contribution is -2.13. The minimum atomic E-state index is -3.51. The van der Waals surface area contributed by atoms with Gasteiger partial charge < -0.3 is 13.5 Å². The molecule has 0 saturated carbocycles. The van der Waals surface area contributed by atoms with E-state index >= 15 is 0 Å². The van der Waals surface area contributed by atoms with Crippen molar-refractivity contribution in [1.82, 2.24) is 4.98 Å². The molecule has 0 aliphatic carbocycles. The number of anilines is 1. The normalized spacial score (nSPS) is 12.0. The van der Waals surface area contributed by atoms with Gasteiger partial charge in [0.2, 0.25) is 11.3 Å². The van der Waals surface area contributed by atoms with Crippen LogP contribution < -0.4 is 10.9 Å². The van der Waals surface area contributed by atoms with Crippen molar-refractivity contribution >= 4 is 25.1 Å².